The molecule has 6 nitrogen and oxygen atoms in total. The third-order valence-corrected chi connectivity index (χ3v) is 5.09. The summed E-state index contributed by atoms with van der Waals surface area (Å²) < 4.78 is 5.33. The number of hydrogen-bond acceptors (Lipinski definition) is 4. The van der Waals surface area contributed by atoms with Gasteiger partial charge in [0.15, 0.2) is 0 Å². The largest absolute Gasteiger partial charge is 0.378 e. The third kappa shape index (κ3) is 2.98. The fourth-order valence-corrected chi connectivity index (χ4v) is 3.64. The second-order valence-corrected chi connectivity index (χ2v) is 6.78. The number of aromatic amines is 1. The van der Waals surface area contributed by atoms with Crippen LogP contribution in [0.2, 0.25) is 0 Å². The Morgan fingerprint density at radius 3 is 2.71 bits per heavy atom. The van der Waals surface area contributed by atoms with E-state index in [1.54, 1.807) is 0 Å². The summed E-state index contributed by atoms with van der Waals surface area (Å²) >= 11 is 0. The lowest BCUT2D eigenvalue weighted by atomic mass is 9.95. The summed E-state index contributed by atoms with van der Waals surface area (Å²) in [5, 5.41) is 0. The fourth-order valence-electron chi connectivity index (χ4n) is 3.64. The number of rotatable bonds is 2. The van der Waals surface area contributed by atoms with Crippen LogP contribution < -0.4 is 4.90 Å². The molecule has 0 atom stereocenters. The average Bonchev–Trinajstić information content (AvgIpc) is 3.05. The number of imidazole rings is 1. The Kier molecular flexibility index (Phi) is 4.14. The van der Waals surface area contributed by atoms with E-state index < -0.39 is 0 Å². The number of carbonyl (C=O) groups excluding carboxylic acids is 1. The van der Waals surface area contributed by atoms with Crippen LogP contribution in [0.5, 0.6) is 0 Å². The highest BCUT2D eigenvalue weighted by Crippen LogP contribution is 2.25. The van der Waals surface area contributed by atoms with Crippen molar-refractivity contribution in [3.63, 3.8) is 0 Å². The molecule has 3 heterocycles. The van der Waals surface area contributed by atoms with Crippen molar-refractivity contribution in [1.82, 2.24) is 14.9 Å². The summed E-state index contributed by atoms with van der Waals surface area (Å²) in [6, 6.07) is 6.26. The average molecular weight is 328 g/mol. The number of amides is 1. The highest BCUT2D eigenvalue weighted by Gasteiger charge is 2.30. The van der Waals surface area contributed by atoms with Gasteiger partial charge in [-0.3, -0.25) is 4.79 Å². The smallest absolute Gasteiger partial charge is 0.225 e. The normalized spacial score (nSPS) is 19.9. The van der Waals surface area contributed by atoms with Crippen molar-refractivity contribution in [3.8, 4) is 0 Å². The maximum atomic E-state index is 12.6. The van der Waals surface area contributed by atoms with Crippen molar-refractivity contribution >= 4 is 22.9 Å². The first-order valence-electron chi connectivity index (χ1n) is 8.78. The zero-order valence-electron chi connectivity index (χ0n) is 14.1. The van der Waals surface area contributed by atoms with Crippen LogP contribution >= 0.6 is 0 Å². The molecular formula is C18H24N4O2. The van der Waals surface area contributed by atoms with E-state index in [0.717, 1.165) is 56.0 Å². The van der Waals surface area contributed by atoms with E-state index in [4.69, 9.17) is 9.72 Å². The standard InChI is InChI=1S/C18H24N4O2/c1-13-2-3-15-16(12-13)20-18(19-15)22-6-4-14(5-7-22)17(23)21-8-10-24-11-9-21/h2-3,12,14H,4-11H2,1H3,(H,19,20). The number of hydrogen-bond donors (Lipinski definition) is 1. The number of carbonyl (C=O) groups is 1. The molecule has 1 aromatic heterocycles. The van der Waals surface area contributed by atoms with Gasteiger partial charge in [-0.25, -0.2) is 4.98 Å². The minimum absolute atomic E-state index is 0.144. The summed E-state index contributed by atoms with van der Waals surface area (Å²) in [6.07, 6.45) is 1.79. The van der Waals surface area contributed by atoms with Gasteiger partial charge in [0.25, 0.3) is 0 Å². The van der Waals surface area contributed by atoms with Gasteiger partial charge < -0.3 is 19.5 Å². The van der Waals surface area contributed by atoms with Crippen molar-refractivity contribution in [1.29, 1.82) is 0 Å². The molecule has 128 valence electrons. The minimum atomic E-state index is 0.144. The van der Waals surface area contributed by atoms with Crippen molar-refractivity contribution in [2.45, 2.75) is 19.8 Å². The van der Waals surface area contributed by atoms with Crippen LogP contribution in [-0.4, -0.2) is 60.2 Å². The Morgan fingerprint density at radius 1 is 1.21 bits per heavy atom. The molecule has 2 saturated heterocycles. The van der Waals surface area contributed by atoms with Crippen LogP contribution in [0, 0.1) is 12.8 Å². The van der Waals surface area contributed by atoms with Crippen LogP contribution in [0.15, 0.2) is 18.2 Å². The van der Waals surface area contributed by atoms with Crippen molar-refractivity contribution in [3.05, 3.63) is 23.8 Å². The summed E-state index contributed by atoms with van der Waals surface area (Å²) in [5.41, 5.74) is 3.31. The van der Waals surface area contributed by atoms with Crippen molar-refractivity contribution in [2.24, 2.45) is 5.92 Å². The molecule has 2 fully saturated rings. The second kappa shape index (κ2) is 6.43. The first kappa shape index (κ1) is 15.4. The van der Waals surface area contributed by atoms with E-state index in [9.17, 15) is 4.79 Å². The van der Waals surface area contributed by atoms with E-state index in [1.165, 1.54) is 5.56 Å². The summed E-state index contributed by atoms with van der Waals surface area (Å²) in [4.78, 5) is 24.9. The predicted octanol–water partition coefficient (Wildman–Crippen LogP) is 1.95. The number of nitrogens with one attached hydrogen (secondary N) is 1. The number of aryl methyl sites for hydroxylation is 1. The van der Waals surface area contributed by atoms with Crippen LogP contribution in [0.4, 0.5) is 5.95 Å². The van der Waals surface area contributed by atoms with Crippen molar-refractivity contribution in [2.75, 3.05) is 44.3 Å². The topological polar surface area (TPSA) is 61.5 Å². The Bertz CT molecular complexity index is 728. The quantitative estimate of drug-likeness (QED) is 0.915. The molecule has 0 radical (unpaired) electrons. The van der Waals surface area contributed by atoms with E-state index >= 15 is 0 Å². The van der Waals surface area contributed by atoms with Crippen LogP contribution in [0.25, 0.3) is 11.0 Å². The maximum absolute atomic E-state index is 12.6. The number of morpholine rings is 1. The Balaban J connectivity index is 1.40. The number of piperidine rings is 1. The predicted molar refractivity (Wildman–Crippen MR) is 93.2 cm³/mol. The Labute approximate surface area is 141 Å². The molecule has 1 aromatic carbocycles. The fraction of sp³-hybridized carbons (Fsp3) is 0.556. The molecule has 1 amide bonds. The highest BCUT2D eigenvalue weighted by molar-refractivity contribution is 5.80. The number of aromatic nitrogens is 2. The van der Waals surface area contributed by atoms with Gasteiger partial charge in [0.2, 0.25) is 11.9 Å². The van der Waals surface area contributed by atoms with Gasteiger partial charge in [0.1, 0.15) is 0 Å². The first-order valence-corrected chi connectivity index (χ1v) is 8.78. The molecule has 6 heteroatoms. The third-order valence-electron chi connectivity index (χ3n) is 5.09. The molecule has 0 bridgehead atoms. The number of nitrogens with zero attached hydrogens (tertiary/aromatic N) is 3. The van der Waals surface area contributed by atoms with Gasteiger partial charge in [-0.2, -0.15) is 0 Å². The lowest BCUT2D eigenvalue weighted by Crippen LogP contribution is -2.47. The van der Waals surface area contributed by atoms with Gasteiger partial charge >= 0.3 is 0 Å². The maximum Gasteiger partial charge on any atom is 0.225 e. The van der Waals surface area contributed by atoms with E-state index in [2.05, 4.69) is 35.0 Å². The van der Waals surface area contributed by atoms with Crippen LogP contribution in [-0.2, 0) is 9.53 Å². The van der Waals surface area contributed by atoms with Gasteiger partial charge in [-0.1, -0.05) is 6.07 Å². The molecule has 2 aromatic rings. The number of benzene rings is 1. The molecule has 0 unspecified atom stereocenters. The molecule has 4 rings (SSSR count). The molecule has 2 aliphatic rings. The van der Waals surface area contributed by atoms with E-state index in [0.29, 0.717) is 19.1 Å². The van der Waals surface area contributed by atoms with E-state index in [-0.39, 0.29) is 5.92 Å². The van der Waals surface area contributed by atoms with Gasteiger partial charge in [-0.05, 0) is 37.5 Å². The summed E-state index contributed by atoms with van der Waals surface area (Å²) in [5.74, 6) is 1.37. The number of ether oxygens (including phenoxy) is 1. The number of anilines is 1. The highest BCUT2D eigenvalue weighted by atomic mass is 16.5. The van der Waals surface area contributed by atoms with Crippen LogP contribution in [0.3, 0.4) is 0 Å². The summed E-state index contributed by atoms with van der Waals surface area (Å²) in [6.45, 7) is 6.65. The van der Waals surface area contributed by atoms with Crippen LogP contribution in [0.1, 0.15) is 18.4 Å². The molecular weight excluding hydrogens is 304 g/mol. The second-order valence-electron chi connectivity index (χ2n) is 6.78. The molecule has 0 spiro atoms. The lowest BCUT2D eigenvalue weighted by Gasteiger charge is -2.35. The van der Waals surface area contributed by atoms with Gasteiger partial charge in [-0.15, -0.1) is 0 Å². The lowest BCUT2D eigenvalue weighted by molar-refractivity contribution is -0.140. The Morgan fingerprint density at radius 2 is 1.96 bits per heavy atom. The monoisotopic (exact) mass is 328 g/mol. The molecule has 0 aliphatic carbocycles. The number of fused-ring (bicyclic) bond motifs is 1. The van der Waals surface area contributed by atoms with Gasteiger partial charge in [0, 0.05) is 32.1 Å². The molecule has 24 heavy (non-hydrogen) atoms. The van der Waals surface area contributed by atoms with Crippen molar-refractivity contribution < 1.29 is 9.53 Å². The SMILES string of the molecule is Cc1ccc2nc(N3CCC(C(=O)N4CCOCC4)CC3)[nH]c2c1. The van der Waals surface area contributed by atoms with Gasteiger partial charge in [0.05, 0.1) is 24.2 Å². The molecule has 0 saturated carbocycles. The summed E-state index contributed by atoms with van der Waals surface area (Å²) in [7, 11) is 0. The zero-order valence-corrected chi connectivity index (χ0v) is 14.1. The molecule has 2 aliphatic heterocycles. The zero-order chi connectivity index (χ0) is 16.5. The first-order chi connectivity index (χ1) is 11.7. The Hall–Kier alpha value is -2.08. The number of H-pyrrole nitrogens is 1. The molecule has 1 N–H and O–H groups in total. The van der Waals surface area contributed by atoms with E-state index in [1.807, 2.05) is 4.90 Å². The minimum Gasteiger partial charge on any atom is -0.378 e.